The van der Waals surface area contributed by atoms with Crippen molar-refractivity contribution in [2.45, 2.75) is 12.5 Å². The zero-order chi connectivity index (χ0) is 11.9. The molecule has 0 radical (unpaired) electrons. The Hall–Kier alpha value is -1.43. The van der Waals surface area contributed by atoms with E-state index in [1.165, 1.54) is 18.2 Å². The molecule has 0 aromatic heterocycles. The Morgan fingerprint density at radius 3 is 2.56 bits per heavy atom. The van der Waals surface area contributed by atoms with E-state index in [1.807, 2.05) is 0 Å². The van der Waals surface area contributed by atoms with Gasteiger partial charge in [0.2, 0.25) is 0 Å². The van der Waals surface area contributed by atoms with Gasteiger partial charge in [0.25, 0.3) is 5.91 Å². The molecule has 84 valence electrons. The van der Waals surface area contributed by atoms with E-state index in [9.17, 15) is 14.0 Å². The van der Waals surface area contributed by atoms with Gasteiger partial charge in [-0.2, -0.15) is 0 Å². The Bertz CT molecular complexity index is 492. The highest BCUT2D eigenvalue weighted by Gasteiger charge is 2.44. The standard InChI is InChI=1S/C10H8BrFN2O2/c1-10(8(15)13-9(16)14-10)6-3-2-5(12)4-7(6)11/h2-4H,1H3,(H2,13,14,15,16). The number of rotatable bonds is 1. The number of hydrogen-bond acceptors (Lipinski definition) is 2. The van der Waals surface area contributed by atoms with E-state index in [0.29, 0.717) is 10.0 Å². The summed E-state index contributed by atoms with van der Waals surface area (Å²) in [7, 11) is 0. The lowest BCUT2D eigenvalue weighted by Crippen LogP contribution is -2.40. The van der Waals surface area contributed by atoms with Gasteiger partial charge >= 0.3 is 6.03 Å². The van der Waals surface area contributed by atoms with E-state index in [1.54, 1.807) is 6.92 Å². The molecule has 1 heterocycles. The number of amides is 3. The van der Waals surface area contributed by atoms with Crippen molar-refractivity contribution < 1.29 is 14.0 Å². The maximum atomic E-state index is 12.9. The second-order valence-corrected chi connectivity index (χ2v) is 4.51. The fraction of sp³-hybridized carbons (Fsp3) is 0.200. The van der Waals surface area contributed by atoms with Gasteiger partial charge in [-0.15, -0.1) is 0 Å². The second kappa shape index (κ2) is 3.55. The largest absolute Gasteiger partial charge is 0.322 e. The Morgan fingerprint density at radius 1 is 1.38 bits per heavy atom. The highest BCUT2D eigenvalue weighted by Crippen LogP contribution is 2.31. The first-order valence-corrected chi connectivity index (χ1v) is 5.32. The minimum atomic E-state index is -1.16. The van der Waals surface area contributed by atoms with Crippen molar-refractivity contribution in [3.8, 4) is 0 Å². The van der Waals surface area contributed by atoms with Crippen molar-refractivity contribution in [2.75, 3.05) is 0 Å². The molecule has 1 aliphatic heterocycles. The molecule has 1 fully saturated rings. The number of carbonyl (C=O) groups is 2. The van der Waals surface area contributed by atoms with E-state index in [2.05, 4.69) is 26.6 Å². The van der Waals surface area contributed by atoms with Gasteiger partial charge in [-0.05, 0) is 19.1 Å². The fourth-order valence-corrected chi connectivity index (χ4v) is 2.38. The molecule has 4 nitrogen and oxygen atoms in total. The van der Waals surface area contributed by atoms with E-state index in [0.717, 1.165) is 0 Å². The molecule has 1 aromatic rings. The molecule has 1 aliphatic rings. The minimum absolute atomic E-state index is 0.413. The molecule has 0 bridgehead atoms. The Kier molecular flexibility index (Phi) is 2.46. The fourth-order valence-electron chi connectivity index (χ4n) is 1.63. The smallest absolute Gasteiger partial charge is 0.320 e. The van der Waals surface area contributed by atoms with Crippen LogP contribution in [0.5, 0.6) is 0 Å². The summed E-state index contributed by atoms with van der Waals surface area (Å²) in [5.74, 6) is -0.867. The molecule has 1 atom stereocenters. The number of benzene rings is 1. The number of nitrogens with one attached hydrogen (secondary N) is 2. The topological polar surface area (TPSA) is 58.2 Å². The second-order valence-electron chi connectivity index (χ2n) is 3.66. The molecule has 2 rings (SSSR count). The van der Waals surface area contributed by atoms with Crippen LogP contribution in [-0.4, -0.2) is 11.9 Å². The minimum Gasteiger partial charge on any atom is -0.320 e. The van der Waals surface area contributed by atoms with Crippen molar-refractivity contribution >= 4 is 27.9 Å². The first-order chi connectivity index (χ1) is 7.43. The third kappa shape index (κ3) is 1.59. The predicted octanol–water partition coefficient (Wildman–Crippen LogP) is 1.64. The average molecular weight is 287 g/mol. The van der Waals surface area contributed by atoms with E-state index in [4.69, 9.17) is 0 Å². The van der Waals surface area contributed by atoms with Crippen LogP contribution in [0, 0.1) is 5.82 Å². The van der Waals surface area contributed by atoms with Crippen LogP contribution in [-0.2, 0) is 10.3 Å². The van der Waals surface area contributed by atoms with Gasteiger partial charge in [0.15, 0.2) is 0 Å². The van der Waals surface area contributed by atoms with Crippen LogP contribution < -0.4 is 10.6 Å². The van der Waals surface area contributed by atoms with Crippen LogP contribution in [0.2, 0.25) is 0 Å². The molecule has 2 N–H and O–H groups in total. The maximum Gasteiger partial charge on any atom is 0.322 e. The normalized spacial score (nSPS) is 24.2. The summed E-state index contributed by atoms with van der Waals surface area (Å²) in [6.45, 7) is 1.56. The lowest BCUT2D eigenvalue weighted by atomic mass is 9.92. The van der Waals surface area contributed by atoms with Gasteiger partial charge in [-0.1, -0.05) is 22.0 Å². The molecule has 3 amide bonds. The van der Waals surface area contributed by atoms with Gasteiger partial charge in [0.05, 0.1) is 0 Å². The van der Waals surface area contributed by atoms with Gasteiger partial charge in [0.1, 0.15) is 11.4 Å². The van der Waals surface area contributed by atoms with Crippen molar-refractivity contribution in [3.05, 3.63) is 34.1 Å². The highest BCUT2D eigenvalue weighted by molar-refractivity contribution is 9.10. The number of hydrogen-bond donors (Lipinski definition) is 2. The Morgan fingerprint density at radius 2 is 2.06 bits per heavy atom. The summed E-state index contributed by atoms with van der Waals surface area (Å²) in [6.07, 6.45) is 0. The SMILES string of the molecule is CC1(c2ccc(F)cc2Br)NC(=O)NC1=O. The van der Waals surface area contributed by atoms with Gasteiger partial charge in [-0.3, -0.25) is 10.1 Å². The van der Waals surface area contributed by atoms with Crippen LogP contribution in [0.4, 0.5) is 9.18 Å². The predicted molar refractivity (Wildman–Crippen MR) is 58.1 cm³/mol. The van der Waals surface area contributed by atoms with E-state index < -0.39 is 23.3 Å². The molecule has 0 spiro atoms. The van der Waals surface area contributed by atoms with Crippen LogP contribution in [0.3, 0.4) is 0 Å². The summed E-state index contributed by atoms with van der Waals surface area (Å²) >= 11 is 3.17. The molecule has 0 aliphatic carbocycles. The molecule has 1 saturated heterocycles. The first kappa shape index (κ1) is 11.1. The lowest BCUT2D eigenvalue weighted by molar-refractivity contribution is -0.123. The van der Waals surface area contributed by atoms with Crippen molar-refractivity contribution in [2.24, 2.45) is 0 Å². The molecule has 0 saturated carbocycles. The van der Waals surface area contributed by atoms with E-state index >= 15 is 0 Å². The number of imide groups is 1. The molecular weight excluding hydrogens is 279 g/mol. The van der Waals surface area contributed by atoms with Crippen molar-refractivity contribution in [3.63, 3.8) is 0 Å². The monoisotopic (exact) mass is 286 g/mol. The lowest BCUT2D eigenvalue weighted by Gasteiger charge is -2.22. The van der Waals surface area contributed by atoms with Crippen molar-refractivity contribution in [1.82, 2.24) is 10.6 Å². The molecule has 1 aromatic carbocycles. The molecule has 1 unspecified atom stereocenters. The van der Waals surface area contributed by atoms with Crippen LogP contribution in [0.25, 0.3) is 0 Å². The third-order valence-electron chi connectivity index (χ3n) is 2.51. The van der Waals surface area contributed by atoms with Gasteiger partial charge in [0, 0.05) is 10.0 Å². The number of halogens is 2. The average Bonchev–Trinajstić information content (AvgIpc) is 2.40. The van der Waals surface area contributed by atoms with Crippen LogP contribution in [0.15, 0.2) is 22.7 Å². The molecule has 16 heavy (non-hydrogen) atoms. The van der Waals surface area contributed by atoms with Crippen LogP contribution in [0.1, 0.15) is 12.5 Å². The first-order valence-electron chi connectivity index (χ1n) is 4.52. The summed E-state index contributed by atoms with van der Waals surface area (Å²) in [6, 6.07) is 3.40. The zero-order valence-electron chi connectivity index (χ0n) is 8.30. The van der Waals surface area contributed by atoms with Crippen LogP contribution >= 0.6 is 15.9 Å². The quantitative estimate of drug-likeness (QED) is 0.771. The molecular formula is C10H8BrFN2O2. The Balaban J connectivity index is 2.51. The summed E-state index contributed by atoms with van der Waals surface area (Å²) in [5, 5.41) is 4.65. The number of carbonyl (C=O) groups excluding carboxylic acids is 2. The van der Waals surface area contributed by atoms with Gasteiger partial charge in [-0.25, -0.2) is 9.18 Å². The summed E-state index contributed by atoms with van der Waals surface area (Å²) < 4.78 is 13.4. The third-order valence-corrected chi connectivity index (χ3v) is 3.17. The van der Waals surface area contributed by atoms with Gasteiger partial charge < -0.3 is 5.32 Å². The summed E-state index contributed by atoms with van der Waals surface area (Å²) in [4.78, 5) is 22.7. The molecule has 6 heteroatoms. The number of urea groups is 1. The van der Waals surface area contributed by atoms with Crippen molar-refractivity contribution in [1.29, 1.82) is 0 Å². The maximum absolute atomic E-state index is 12.9. The Labute approximate surface area is 99.3 Å². The zero-order valence-corrected chi connectivity index (χ0v) is 9.89. The highest BCUT2D eigenvalue weighted by atomic mass is 79.9. The summed E-state index contributed by atoms with van der Waals surface area (Å²) in [5.41, 5.74) is -0.652. The van der Waals surface area contributed by atoms with E-state index in [-0.39, 0.29) is 0 Å².